The number of phenols is 1. The van der Waals surface area contributed by atoms with E-state index in [1.165, 1.54) is 18.2 Å². The molecule has 0 aliphatic carbocycles. The molecule has 3 rings (SSSR count). The third-order valence-corrected chi connectivity index (χ3v) is 3.84. The largest absolute Gasteiger partial charge is 0.502 e. The predicted octanol–water partition coefficient (Wildman–Crippen LogP) is 2.21. The summed E-state index contributed by atoms with van der Waals surface area (Å²) in [5, 5.41) is 21.2. The van der Waals surface area contributed by atoms with Crippen LogP contribution >= 0.6 is 15.9 Å². The first-order valence-electron chi connectivity index (χ1n) is 6.58. The van der Waals surface area contributed by atoms with Crippen LogP contribution in [0.1, 0.15) is 10.4 Å². The highest BCUT2D eigenvalue weighted by atomic mass is 79.9. The van der Waals surface area contributed by atoms with Gasteiger partial charge in [-0.25, -0.2) is 10.8 Å². The molecule has 0 unspecified atom stereocenters. The first-order valence-corrected chi connectivity index (χ1v) is 7.38. The van der Waals surface area contributed by atoms with Crippen molar-refractivity contribution < 1.29 is 14.8 Å². The lowest BCUT2D eigenvalue weighted by Gasteiger charge is -2.03. The molecule has 1 amide bonds. The Bertz CT molecular complexity index is 985. The minimum absolute atomic E-state index is 0.164. The SMILES string of the molecule is NNC(=O)c1ccc2nc(-c3cc(Br)cc([N+](=O)[O-])c3O)[nH]c2c1. The molecule has 0 atom stereocenters. The maximum Gasteiger partial charge on any atom is 0.312 e. The number of nitrogens with one attached hydrogen (secondary N) is 2. The lowest BCUT2D eigenvalue weighted by Crippen LogP contribution is -2.29. The van der Waals surface area contributed by atoms with Crippen molar-refractivity contribution >= 4 is 38.6 Å². The van der Waals surface area contributed by atoms with Crippen LogP contribution < -0.4 is 11.3 Å². The fourth-order valence-electron chi connectivity index (χ4n) is 2.27. The molecule has 0 radical (unpaired) electrons. The Morgan fingerprint density at radius 1 is 1.38 bits per heavy atom. The van der Waals surface area contributed by atoms with E-state index >= 15 is 0 Å². The van der Waals surface area contributed by atoms with Gasteiger partial charge in [0.15, 0.2) is 0 Å². The number of benzene rings is 2. The number of carbonyl (C=O) groups excluding carboxylic acids is 1. The van der Waals surface area contributed by atoms with Crippen LogP contribution in [0.2, 0.25) is 0 Å². The quantitative estimate of drug-likeness (QED) is 0.233. The Hall–Kier alpha value is -2.98. The van der Waals surface area contributed by atoms with Crippen molar-refractivity contribution in [3.05, 3.63) is 50.5 Å². The molecule has 10 heteroatoms. The van der Waals surface area contributed by atoms with Crippen LogP contribution in [0.25, 0.3) is 22.4 Å². The number of aromatic amines is 1. The van der Waals surface area contributed by atoms with Gasteiger partial charge < -0.3 is 10.1 Å². The zero-order chi connectivity index (χ0) is 17.4. The molecule has 3 aromatic rings. The molecule has 24 heavy (non-hydrogen) atoms. The van der Waals surface area contributed by atoms with Gasteiger partial charge in [0.1, 0.15) is 5.82 Å². The Labute approximate surface area is 142 Å². The minimum Gasteiger partial charge on any atom is -0.502 e. The number of aromatic nitrogens is 2. The second-order valence-electron chi connectivity index (χ2n) is 4.87. The monoisotopic (exact) mass is 391 g/mol. The van der Waals surface area contributed by atoms with Crippen molar-refractivity contribution in [1.29, 1.82) is 0 Å². The molecule has 0 saturated heterocycles. The van der Waals surface area contributed by atoms with E-state index in [9.17, 15) is 20.0 Å². The lowest BCUT2D eigenvalue weighted by molar-refractivity contribution is -0.385. The molecule has 1 aromatic heterocycles. The molecule has 0 aliphatic heterocycles. The second kappa shape index (κ2) is 5.91. The van der Waals surface area contributed by atoms with E-state index < -0.39 is 22.3 Å². The summed E-state index contributed by atoms with van der Waals surface area (Å²) in [5.74, 6) is 4.37. The number of hydrogen-bond acceptors (Lipinski definition) is 6. The summed E-state index contributed by atoms with van der Waals surface area (Å²) < 4.78 is 0.422. The summed E-state index contributed by atoms with van der Waals surface area (Å²) in [5.41, 5.74) is 3.12. The summed E-state index contributed by atoms with van der Waals surface area (Å²) in [6.07, 6.45) is 0. The average Bonchev–Trinajstić information content (AvgIpc) is 2.98. The van der Waals surface area contributed by atoms with Crippen LogP contribution in [0.4, 0.5) is 5.69 Å². The number of hydrazine groups is 1. The molecular formula is C14H10BrN5O4. The van der Waals surface area contributed by atoms with Crippen LogP contribution in [0.3, 0.4) is 0 Å². The highest BCUT2D eigenvalue weighted by Gasteiger charge is 2.21. The molecule has 0 bridgehead atoms. The number of phenolic OH excluding ortho intramolecular Hbond substituents is 1. The number of hydrogen-bond donors (Lipinski definition) is 4. The molecule has 0 spiro atoms. The van der Waals surface area contributed by atoms with Gasteiger partial charge in [0.25, 0.3) is 5.91 Å². The van der Waals surface area contributed by atoms with Gasteiger partial charge >= 0.3 is 5.69 Å². The normalized spacial score (nSPS) is 10.8. The predicted molar refractivity (Wildman–Crippen MR) is 89.2 cm³/mol. The first-order chi connectivity index (χ1) is 11.4. The molecule has 2 aromatic carbocycles. The maximum atomic E-state index is 11.6. The van der Waals surface area contributed by atoms with E-state index in [4.69, 9.17) is 5.84 Å². The molecule has 5 N–H and O–H groups in total. The number of imidazole rings is 1. The van der Waals surface area contributed by atoms with Crippen LogP contribution in [-0.2, 0) is 0 Å². The number of amides is 1. The van der Waals surface area contributed by atoms with Crippen molar-refractivity contribution in [1.82, 2.24) is 15.4 Å². The van der Waals surface area contributed by atoms with Crippen LogP contribution in [-0.4, -0.2) is 25.9 Å². The topological polar surface area (TPSA) is 147 Å². The van der Waals surface area contributed by atoms with Gasteiger partial charge in [-0.15, -0.1) is 0 Å². The summed E-state index contributed by atoms with van der Waals surface area (Å²) in [4.78, 5) is 29.1. The third-order valence-electron chi connectivity index (χ3n) is 3.38. The van der Waals surface area contributed by atoms with Gasteiger partial charge in [0.2, 0.25) is 5.75 Å². The van der Waals surface area contributed by atoms with Gasteiger partial charge in [-0.1, -0.05) is 15.9 Å². The Morgan fingerprint density at radius 2 is 2.12 bits per heavy atom. The Morgan fingerprint density at radius 3 is 2.79 bits per heavy atom. The fraction of sp³-hybridized carbons (Fsp3) is 0. The second-order valence-corrected chi connectivity index (χ2v) is 5.78. The highest BCUT2D eigenvalue weighted by Crippen LogP contribution is 2.39. The summed E-state index contributed by atoms with van der Waals surface area (Å²) in [6, 6.07) is 7.39. The Kier molecular flexibility index (Phi) is 3.91. The standard InChI is InChI=1S/C14H10BrN5O4/c15-7-4-8(12(21)11(5-7)20(23)24)13-17-9-2-1-6(14(22)19-16)3-10(9)18-13/h1-5,21H,16H2,(H,17,18)(H,19,22). The molecule has 1 heterocycles. The van der Waals surface area contributed by atoms with Gasteiger partial charge in [0.05, 0.1) is 21.5 Å². The lowest BCUT2D eigenvalue weighted by atomic mass is 10.1. The number of nitro groups is 1. The van der Waals surface area contributed by atoms with E-state index in [1.54, 1.807) is 12.1 Å². The highest BCUT2D eigenvalue weighted by molar-refractivity contribution is 9.10. The van der Waals surface area contributed by atoms with Crippen molar-refractivity contribution in [2.75, 3.05) is 0 Å². The van der Waals surface area contributed by atoms with E-state index in [-0.39, 0.29) is 11.4 Å². The molecule has 0 fully saturated rings. The van der Waals surface area contributed by atoms with Crippen molar-refractivity contribution in [2.45, 2.75) is 0 Å². The van der Waals surface area contributed by atoms with E-state index in [2.05, 4.69) is 25.9 Å². The molecule has 0 aliphatic rings. The van der Waals surface area contributed by atoms with Gasteiger partial charge in [0, 0.05) is 16.1 Å². The van der Waals surface area contributed by atoms with Crippen molar-refractivity contribution in [3.8, 4) is 17.1 Å². The number of nitrogens with zero attached hydrogens (tertiary/aromatic N) is 2. The zero-order valence-corrected chi connectivity index (χ0v) is 13.5. The molecular weight excluding hydrogens is 382 g/mol. The first kappa shape index (κ1) is 15.9. The molecule has 9 nitrogen and oxygen atoms in total. The van der Waals surface area contributed by atoms with Gasteiger partial charge in [-0.05, 0) is 24.3 Å². The summed E-state index contributed by atoms with van der Waals surface area (Å²) >= 11 is 3.17. The zero-order valence-electron chi connectivity index (χ0n) is 11.9. The molecule has 0 saturated carbocycles. The van der Waals surface area contributed by atoms with Crippen molar-refractivity contribution in [2.24, 2.45) is 5.84 Å². The van der Waals surface area contributed by atoms with Gasteiger partial charge in [-0.2, -0.15) is 0 Å². The van der Waals surface area contributed by atoms with E-state index in [1.807, 2.05) is 5.43 Å². The van der Waals surface area contributed by atoms with Crippen LogP contribution in [0.15, 0.2) is 34.8 Å². The van der Waals surface area contributed by atoms with Crippen LogP contribution in [0, 0.1) is 10.1 Å². The Balaban J connectivity index is 2.17. The molecule has 122 valence electrons. The maximum absolute atomic E-state index is 11.6. The summed E-state index contributed by atoms with van der Waals surface area (Å²) in [6.45, 7) is 0. The van der Waals surface area contributed by atoms with Crippen LogP contribution in [0.5, 0.6) is 5.75 Å². The van der Waals surface area contributed by atoms with Gasteiger partial charge in [-0.3, -0.25) is 20.3 Å². The number of carbonyl (C=O) groups is 1. The number of rotatable bonds is 3. The smallest absolute Gasteiger partial charge is 0.312 e. The summed E-state index contributed by atoms with van der Waals surface area (Å²) in [7, 11) is 0. The average molecular weight is 392 g/mol. The third kappa shape index (κ3) is 2.68. The van der Waals surface area contributed by atoms with Crippen molar-refractivity contribution in [3.63, 3.8) is 0 Å². The number of aromatic hydroxyl groups is 1. The number of nitrogens with two attached hydrogens (primary N) is 1. The minimum atomic E-state index is -0.685. The number of nitro benzene ring substituents is 1. The van der Waals surface area contributed by atoms with E-state index in [0.717, 1.165) is 0 Å². The number of nitrogen functional groups attached to an aromatic ring is 1. The number of halogens is 1. The number of H-pyrrole nitrogens is 1. The van der Waals surface area contributed by atoms with E-state index in [0.29, 0.717) is 21.1 Å². The fourth-order valence-corrected chi connectivity index (χ4v) is 2.71. The number of fused-ring (bicyclic) bond motifs is 1.